The van der Waals surface area contributed by atoms with Gasteiger partial charge in [0, 0.05) is 43.2 Å². The first-order chi connectivity index (χ1) is 15.9. The van der Waals surface area contributed by atoms with Gasteiger partial charge in [-0.3, -0.25) is 14.9 Å². The van der Waals surface area contributed by atoms with E-state index >= 15 is 0 Å². The Balaban J connectivity index is 1.64. The van der Waals surface area contributed by atoms with Crippen molar-refractivity contribution in [2.45, 2.75) is 26.7 Å². The molecule has 0 aromatic heterocycles. The summed E-state index contributed by atoms with van der Waals surface area (Å²) in [5, 5.41) is 6.54. The van der Waals surface area contributed by atoms with Crippen molar-refractivity contribution >= 4 is 52.1 Å². The van der Waals surface area contributed by atoms with Crippen LogP contribution in [-0.4, -0.2) is 54.6 Å². The van der Waals surface area contributed by atoms with E-state index < -0.39 is 0 Å². The number of amides is 2. The van der Waals surface area contributed by atoms with Gasteiger partial charge in [-0.05, 0) is 68.0 Å². The number of thiocarbonyl (C=S) groups is 1. The first-order valence-corrected chi connectivity index (χ1v) is 11.9. The van der Waals surface area contributed by atoms with Crippen molar-refractivity contribution in [3.05, 3.63) is 53.1 Å². The molecule has 1 aliphatic heterocycles. The van der Waals surface area contributed by atoms with E-state index in [9.17, 15) is 9.59 Å². The fourth-order valence-corrected chi connectivity index (χ4v) is 4.03. The van der Waals surface area contributed by atoms with E-state index in [1.165, 1.54) is 0 Å². The highest BCUT2D eigenvalue weighted by Crippen LogP contribution is 2.30. The van der Waals surface area contributed by atoms with Crippen LogP contribution in [0.15, 0.2) is 42.5 Å². The van der Waals surface area contributed by atoms with Crippen LogP contribution in [-0.2, 0) is 4.79 Å². The largest absolute Gasteiger partial charge is 0.494 e. The van der Waals surface area contributed by atoms with Crippen molar-refractivity contribution in [1.29, 1.82) is 0 Å². The second kappa shape index (κ2) is 11.9. The SMILES string of the molecule is CCCC(=O)N1CCN(c2ccc(Cl)cc2NC(=S)NC(=O)c2ccc(OCC)cc2)CC1. The number of ether oxygens (including phenoxy) is 1. The predicted molar refractivity (Wildman–Crippen MR) is 136 cm³/mol. The number of nitrogens with one attached hydrogen (secondary N) is 2. The molecule has 0 bridgehead atoms. The molecule has 1 saturated heterocycles. The Labute approximate surface area is 205 Å². The van der Waals surface area contributed by atoms with Gasteiger partial charge in [-0.15, -0.1) is 0 Å². The van der Waals surface area contributed by atoms with Crippen LogP contribution in [0.4, 0.5) is 11.4 Å². The molecule has 0 atom stereocenters. The zero-order chi connectivity index (χ0) is 23.8. The maximum Gasteiger partial charge on any atom is 0.257 e. The Morgan fingerprint density at radius 3 is 2.39 bits per heavy atom. The van der Waals surface area contributed by atoms with Crippen molar-refractivity contribution < 1.29 is 14.3 Å². The Morgan fingerprint density at radius 2 is 1.76 bits per heavy atom. The van der Waals surface area contributed by atoms with Crippen LogP contribution in [0.25, 0.3) is 0 Å². The Hall–Kier alpha value is -2.84. The van der Waals surface area contributed by atoms with Gasteiger partial charge < -0.3 is 19.9 Å². The van der Waals surface area contributed by atoms with Gasteiger partial charge in [0.1, 0.15) is 5.75 Å². The Kier molecular flexibility index (Phi) is 8.91. The number of carbonyl (C=O) groups is 2. The van der Waals surface area contributed by atoms with Crippen LogP contribution in [0.1, 0.15) is 37.0 Å². The first-order valence-electron chi connectivity index (χ1n) is 11.1. The highest BCUT2D eigenvalue weighted by atomic mass is 35.5. The van der Waals surface area contributed by atoms with E-state index in [1.807, 2.05) is 30.9 Å². The minimum Gasteiger partial charge on any atom is -0.494 e. The molecule has 7 nitrogen and oxygen atoms in total. The normalized spacial score (nSPS) is 13.4. The molecule has 9 heteroatoms. The van der Waals surface area contributed by atoms with Crippen LogP contribution in [0.5, 0.6) is 5.75 Å². The van der Waals surface area contributed by atoms with Crippen molar-refractivity contribution in [2.24, 2.45) is 0 Å². The lowest BCUT2D eigenvalue weighted by atomic mass is 10.2. The molecule has 33 heavy (non-hydrogen) atoms. The Bertz CT molecular complexity index is 992. The lowest BCUT2D eigenvalue weighted by Crippen LogP contribution is -2.49. The van der Waals surface area contributed by atoms with Crippen LogP contribution in [0, 0.1) is 0 Å². The molecule has 0 unspecified atom stereocenters. The van der Waals surface area contributed by atoms with Gasteiger partial charge in [-0.25, -0.2) is 0 Å². The molecule has 176 valence electrons. The lowest BCUT2D eigenvalue weighted by Gasteiger charge is -2.37. The van der Waals surface area contributed by atoms with E-state index in [-0.39, 0.29) is 16.9 Å². The topological polar surface area (TPSA) is 73.9 Å². The summed E-state index contributed by atoms with van der Waals surface area (Å²) in [6.45, 7) is 7.22. The van der Waals surface area contributed by atoms with Gasteiger partial charge in [-0.1, -0.05) is 18.5 Å². The van der Waals surface area contributed by atoms with Crippen molar-refractivity contribution in [3.63, 3.8) is 0 Å². The maximum atomic E-state index is 12.6. The van der Waals surface area contributed by atoms with E-state index in [0.717, 1.165) is 12.1 Å². The summed E-state index contributed by atoms with van der Waals surface area (Å²) in [5.74, 6) is 0.585. The molecule has 0 radical (unpaired) electrons. The van der Waals surface area contributed by atoms with Crippen molar-refractivity contribution in [2.75, 3.05) is 43.0 Å². The van der Waals surface area contributed by atoms with Crippen LogP contribution in [0.2, 0.25) is 5.02 Å². The third kappa shape index (κ3) is 6.82. The molecule has 1 heterocycles. The number of hydrogen-bond acceptors (Lipinski definition) is 5. The van der Waals surface area contributed by atoms with Gasteiger partial charge in [0.15, 0.2) is 5.11 Å². The summed E-state index contributed by atoms with van der Waals surface area (Å²) in [7, 11) is 0. The third-order valence-electron chi connectivity index (χ3n) is 5.30. The molecule has 2 aromatic carbocycles. The molecule has 2 aromatic rings. The van der Waals surface area contributed by atoms with Gasteiger partial charge >= 0.3 is 0 Å². The smallest absolute Gasteiger partial charge is 0.257 e. The predicted octanol–water partition coefficient (Wildman–Crippen LogP) is 4.31. The highest BCUT2D eigenvalue weighted by molar-refractivity contribution is 7.80. The molecule has 1 fully saturated rings. The molecule has 0 saturated carbocycles. The molecule has 2 amide bonds. The third-order valence-corrected chi connectivity index (χ3v) is 5.74. The zero-order valence-electron chi connectivity index (χ0n) is 18.9. The van der Waals surface area contributed by atoms with E-state index in [2.05, 4.69) is 15.5 Å². The molecule has 1 aliphatic rings. The molecule has 0 spiro atoms. The van der Waals surface area contributed by atoms with Gasteiger partial charge in [0.05, 0.1) is 18.0 Å². The van der Waals surface area contributed by atoms with Crippen molar-refractivity contribution in [1.82, 2.24) is 10.2 Å². The molecule has 0 aliphatic carbocycles. The number of halogens is 1. The highest BCUT2D eigenvalue weighted by Gasteiger charge is 2.22. The van der Waals surface area contributed by atoms with Crippen LogP contribution < -0.4 is 20.3 Å². The van der Waals surface area contributed by atoms with Gasteiger partial charge in [0.25, 0.3) is 5.91 Å². The number of rotatable bonds is 7. The van der Waals surface area contributed by atoms with Gasteiger partial charge in [-0.2, -0.15) is 0 Å². The average Bonchev–Trinajstić information content (AvgIpc) is 2.80. The second-order valence-corrected chi connectivity index (χ2v) is 8.49. The summed E-state index contributed by atoms with van der Waals surface area (Å²) < 4.78 is 5.41. The number of carbonyl (C=O) groups excluding carboxylic acids is 2. The number of nitrogens with zero attached hydrogens (tertiary/aromatic N) is 2. The summed E-state index contributed by atoms with van der Waals surface area (Å²) in [5.41, 5.74) is 2.09. The maximum absolute atomic E-state index is 12.6. The fraction of sp³-hybridized carbons (Fsp3) is 0.375. The Morgan fingerprint density at radius 1 is 1.06 bits per heavy atom. The molecular formula is C24H29ClN4O3S. The summed E-state index contributed by atoms with van der Waals surface area (Å²) >= 11 is 11.6. The average molecular weight is 489 g/mol. The van der Waals surface area contributed by atoms with Crippen LogP contribution >= 0.6 is 23.8 Å². The van der Waals surface area contributed by atoms with Gasteiger partial charge in [0.2, 0.25) is 5.91 Å². The number of anilines is 2. The summed E-state index contributed by atoms with van der Waals surface area (Å²) in [4.78, 5) is 28.8. The minimum atomic E-state index is -0.317. The lowest BCUT2D eigenvalue weighted by molar-refractivity contribution is -0.131. The first kappa shape index (κ1) is 24.8. The standard InChI is InChI=1S/C24H29ClN4O3S/c1-3-5-22(30)29-14-12-28(13-15-29)21-11-8-18(25)16-20(21)26-24(33)27-23(31)17-6-9-19(10-7-17)32-4-2/h6-11,16H,3-5,12-15H2,1-2H3,(H2,26,27,31,33). The number of hydrogen-bond donors (Lipinski definition) is 2. The number of benzene rings is 2. The van der Waals surface area contributed by atoms with E-state index in [1.54, 1.807) is 30.3 Å². The summed E-state index contributed by atoms with van der Waals surface area (Å²) in [6, 6.07) is 12.4. The molecule has 2 N–H and O–H groups in total. The fourth-order valence-electron chi connectivity index (χ4n) is 3.65. The monoisotopic (exact) mass is 488 g/mol. The van der Waals surface area contributed by atoms with E-state index in [0.29, 0.717) is 61.2 Å². The summed E-state index contributed by atoms with van der Waals surface area (Å²) in [6.07, 6.45) is 1.43. The quantitative estimate of drug-likeness (QED) is 0.565. The molecule has 3 rings (SSSR count). The minimum absolute atomic E-state index is 0.175. The van der Waals surface area contributed by atoms with Crippen molar-refractivity contribution in [3.8, 4) is 5.75 Å². The number of piperazine rings is 1. The van der Waals surface area contributed by atoms with E-state index in [4.69, 9.17) is 28.6 Å². The molecular weight excluding hydrogens is 460 g/mol. The second-order valence-electron chi connectivity index (χ2n) is 7.64. The zero-order valence-corrected chi connectivity index (χ0v) is 20.5. The van der Waals surface area contributed by atoms with Crippen LogP contribution in [0.3, 0.4) is 0 Å².